The van der Waals surface area contributed by atoms with Crippen LogP contribution in [-0.4, -0.2) is 84.0 Å². The Morgan fingerprint density at radius 2 is 1.11 bits per heavy atom. The third kappa shape index (κ3) is 32.2. The second-order valence-corrected chi connectivity index (χ2v) is 2.75. The van der Waals surface area contributed by atoms with Crippen molar-refractivity contribution in [2.75, 3.05) is 37.9 Å². The first-order valence-corrected chi connectivity index (χ1v) is 5.47. The van der Waals surface area contributed by atoms with E-state index in [0.29, 0.717) is 0 Å². The Labute approximate surface area is 143 Å². The molecular weight excluding hydrogens is 399 g/mol. The molecule has 0 fully saturated rings. The van der Waals surface area contributed by atoms with Crippen molar-refractivity contribution in [3.05, 3.63) is 0 Å². The fourth-order valence-corrected chi connectivity index (χ4v) is 0.569. The smallest absolute Gasteiger partial charge is 0.782 e. The molecule has 0 atom stereocenters. The molecule has 0 aliphatic heterocycles. The molecule has 0 aromatic heterocycles. The average molecular weight is 421 g/mol. The van der Waals surface area contributed by atoms with Crippen LogP contribution in [0.15, 0.2) is 0 Å². The molecule has 2 radical (unpaired) electrons. The van der Waals surface area contributed by atoms with Crippen LogP contribution >= 0.6 is 0 Å². The molecule has 0 amide bonds. The maximum Gasteiger partial charge on any atom is 2.00 e. The van der Waals surface area contributed by atoms with E-state index in [0.717, 1.165) is 0 Å². The largest absolute Gasteiger partial charge is 2.00 e. The van der Waals surface area contributed by atoms with Crippen LogP contribution in [0.25, 0.3) is 0 Å². The molecule has 0 aliphatic carbocycles. The number of esters is 2. The number of carbonyl (C=O) groups excluding carboxylic acids is 2. The van der Waals surface area contributed by atoms with Gasteiger partial charge in [-0.1, -0.05) is 26.4 Å². The first kappa shape index (κ1) is 31.6. The normalized spacial score (nSPS) is 7.37. The summed E-state index contributed by atoms with van der Waals surface area (Å²) in [7, 11) is 0. The first-order chi connectivity index (χ1) is 7.62. The minimum Gasteiger partial charge on any atom is -0.782 e. The minimum absolute atomic E-state index is 0. The second-order valence-electron chi connectivity index (χ2n) is 2.18. The molecule has 0 aliphatic rings. The van der Waals surface area contributed by atoms with Crippen molar-refractivity contribution in [3.63, 3.8) is 0 Å². The molecule has 19 heavy (non-hydrogen) atoms. The van der Waals surface area contributed by atoms with Crippen LogP contribution < -0.4 is 0 Å². The van der Waals surface area contributed by atoms with Crippen molar-refractivity contribution in [2.45, 2.75) is 14.9 Å². The van der Waals surface area contributed by atoms with Crippen LogP contribution in [0.3, 0.4) is 0 Å². The van der Waals surface area contributed by atoms with E-state index in [2.05, 4.69) is 34.7 Å². The fourth-order valence-electron chi connectivity index (χ4n) is 0.402. The SMILES string of the molecule is C.C.O=C(C[S-])OCCO.O=C(C[S-])OCCO.[Sn+2]. The van der Waals surface area contributed by atoms with E-state index < -0.39 is 11.9 Å². The minimum atomic E-state index is -0.450. The maximum absolute atomic E-state index is 10.1. The summed E-state index contributed by atoms with van der Waals surface area (Å²) in [6.45, 7) is -0.174. The van der Waals surface area contributed by atoms with Gasteiger partial charge in [0.15, 0.2) is 0 Å². The molecule has 0 spiro atoms. The van der Waals surface area contributed by atoms with Crippen molar-refractivity contribution in [2.24, 2.45) is 0 Å². The maximum atomic E-state index is 10.1. The molecule has 0 rings (SSSR count). The van der Waals surface area contributed by atoms with Crippen molar-refractivity contribution >= 4 is 61.1 Å². The van der Waals surface area contributed by atoms with Crippen molar-refractivity contribution in [1.29, 1.82) is 0 Å². The molecular formula is C10H22O6S2Sn. The van der Waals surface area contributed by atoms with Crippen molar-refractivity contribution in [1.82, 2.24) is 0 Å². The summed E-state index contributed by atoms with van der Waals surface area (Å²) < 4.78 is 8.69. The summed E-state index contributed by atoms with van der Waals surface area (Å²) in [5, 5.41) is 16.2. The zero-order valence-corrected chi connectivity index (χ0v) is 13.6. The Bertz CT molecular complexity index is 175. The van der Waals surface area contributed by atoms with Gasteiger partial charge in [-0.25, -0.2) is 0 Å². The van der Waals surface area contributed by atoms with Gasteiger partial charge < -0.3 is 44.9 Å². The standard InChI is InChI=1S/2C4H8O3S.2CH4.Sn/c2*5-1-2-7-4(6)3-8;;;/h2*5,8H,1-3H2;2*1H4;/q;;;;+2/p-2. The fraction of sp³-hybridized carbons (Fsp3) is 0.800. The molecule has 0 aromatic rings. The van der Waals surface area contributed by atoms with Crippen molar-refractivity contribution in [3.8, 4) is 0 Å². The van der Waals surface area contributed by atoms with Gasteiger partial charge in [0.1, 0.15) is 13.2 Å². The van der Waals surface area contributed by atoms with Gasteiger partial charge in [0.05, 0.1) is 13.2 Å². The summed E-state index contributed by atoms with van der Waals surface area (Å²) in [4.78, 5) is 20.3. The Morgan fingerprint density at radius 1 is 0.842 bits per heavy atom. The number of aliphatic hydroxyl groups is 2. The molecule has 0 bridgehead atoms. The van der Waals surface area contributed by atoms with Gasteiger partial charge in [0, 0.05) is 0 Å². The Morgan fingerprint density at radius 3 is 1.26 bits per heavy atom. The summed E-state index contributed by atoms with van der Waals surface area (Å²) in [6, 6.07) is 0. The van der Waals surface area contributed by atoms with Gasteiger partial charge >= 0.3 is 23.9 Å². The quantitative estimate of drug-likeness (QED) is 0.322. The summed E-state index contributed by atoms with van der Waals surface area (Å²) >= 11 is 8.66. The van der Waals surface area contributed by atoms with Crippen LogP contribution in [0.1, 0.15) is 14.9 Å². The van der Waals surface area contributed by atoms with Gasteiger partial charge in [0.2, 0.25) is 0 Å². The van der Waals surface area contributed by atoms with E-state index in [-0.39, 0.29) is 76.7 Å². The molecule has 0 saturated carbocycles. The molecule has 0 saturated heterocycles. The van der Waals surface area contributed by atoms with E-state index in [1.807, 2.05) is 0 Å². The topological polar surface area (TPSA) is 93.1 Å². The van der Waals surface area contributed by atoms with Crippen LogP contribution in [0, 0.1) is 0 Å². The van der Waals surface area contributed by atoms with Crippen LogP contribution in [0.4, 0.5) is 0 Å². The van der Waals surface area contributed by atoms with E-state index >= 15 is 0 Å². The average Bonchev–Trinajstić information content (AvgIpc) is 2.33. The van der Waals surface area contributed by atoms with E-state index in [9.17, 15) is 9.59 Å². The van der Waals surface area contributed by atoms with Crippen molar-refractivity contribution < 1.29 is 29.3 Å². The monoisotopic (exact) mass is 422 g/mol. The predicted octanol–water partition coefficient (Wildman–Crippen LogP) is -0.971. The van der Waals surface area contributed by atoms with E-state index in [4.69, 9.17) is 10.2 Å². The molecule has 6 nitrogen and oxygen atoms in total. The number of carbonyl (C=O) groups is 2. The predicted molar refractivity (Wildman–Crippen MR) is 79.8 cm³/mol. The summed E-state index contributed by atoms with van der Waals surface area (Å²) in [5.41, 5.74) is 0. The third-order valence-electron chi connectivity index (χ3n) is 0.944. The van der Waals surface area contributed by atoms with Gasteiger partial charge in [-0.3, -0.25) is 9.59 Å². The number of ether oxygens (including phenoxy) is 2. The number of hydrogen-bond donors (Lipinski definition) is 2. The molecule has 114 valence electrons. The Kier molecular flexibility index (Phi) is 44.7. The second kappa shape index (κ2) is 26.8. The van der Waals surface area contributed by atoms with Crippen LogP contribution in [-0.2, 0) is 44.3 Å². The van der Waals surface area contributed by atoms with Gasteiger partial charge in [-0.15, -0.1) is 0 Å². The zero-order valence-electron chi connectivity index (χ0n) is 9.09. The molecule has 2 N–H and O–H groups in total. The Balaban J connectivity index is -0.0000000594. The van der Waals surface area contributed by atoms with E-state index in [1.54, 1.807) is 0 Å². The molecule has 9 heteroatoms. The van der Waals surface area contributed by atoms with Crippen LogP contribution in [0.2, 0.25) is 0 Å². The first-order valence-electron chi connectivity index (χ1n) is 4.31. The number of aliphatic hydroxyl groups excluding tert-OH is 2. The zero-order chi connectivity index (χ0) is 12.8. The Hall–Kier alpha value is 0.359. The summed E-state index contributed by atoms with van der Waals surface area (Å²) in [5.74, 6) is -0.983. The third-order valence-corrected chi connectivity index (χ3v) is 1.42. The van der Waals surface area contributed by atoms with Gasteiger partial charge in [-0.2, -0.15) is 0 Å². The molecule has 0 heterocycles. The van der Waals surface area contributed by atoms with Gasteiger partial charge in [-0.05, 0) is 0 Å². The van der Waals surface area contributed by atoms with E-state index in [1.165, 1.54) is 0 Å². The van der Waals surface area contributed by atoms with Crippen LogP contribution in [0.5, 0.6) is 0 Å². The van der Waals surface area contributed by atoms with Gasteiger partial charge in [0.25, 0.3) is 11.9 Å². The number of hydrogen-bond acceptors (Lipinski definition) is 8. The summed E-state index contributed by atoms with van der Waals surface area (Å²) in [6.07, 6.45) is 0. The molecule has 0 unspecified atom stereocenters. The number of rotatable bonds is 6. The molecule has 0 aromatic carbocycles.